The summed E-state index contributed by atoms with van der Waals surface area (Å²) in [7, 11) is 0. The maximum atomic E-state index is 12.6. The topological polar surface area (TPSA) is 51.7 Å². The third kappa shape index (κ3) is 4.27. The third-order valence-electron chi connectivity index (χ3n) is 3.84. The summed E-state index contributed by atoms with van der Waals surface area (Å²) in [5.41, 5.74) is -0.177. The molecule has 1 saturated heterocycles. The fourth-order valence-corrected chi connectivity index (χ4v) is 4.92. The zero-order chi connectivity index (χ0) is 18.2. The van der Waals surface area contributed by atoms with Gasteiger partial charge in [0.1, 0.15) is 11.3 Å². The number of rotatable bonds is 3. The van der Waals surface area contributed by atoms with Crippen LogP contribution >= 0.6 is 23.1 Å². The molecule has 0 unspecified atom stereocenters. The minimum absolute atomic E-state index is 0.0399. The number of ether oxygens (including phenoxy) is 2. The number of aromatic nitrogens is 1. The normalized spacial score (nSPS) is 20.2. The highest BCUT2D eigenvalue weighted by Crippen LogP contribution is 2.35. The summed E-state index contributed by atoms with van der Waals surface area (Å²) in [4.78, 5) is 19.0. The van der Waals surface area contributed by atoms with Crippen LogP contribution in [0, 0.1) is 0 Å². The minimum atomic E-state index is -0.666. The molecule has 2 aromatic rings. The Morgan fingerprint density at radius 2 is 2.16 bits per heavy atom. The van der Waals surface area contributed by atoms with E-state index in [0.29, 0.717) is 6.61 Å². The predicted molar refractivity (Wildman–Crippen MR) is 102 cm³/mol. The molecule has 1 amide bonds. The lowest BCUT2D eigenvalue weighted by atomic mass is 10.2. The van der Waals surface area contributed by atoms with Gasteiger partial charge in [-0.3, -0.25) is 4.90 Å². The Labute approximate surface area is 156 Å². The number of amides is 1. The molecule has 3 rings (SSSR count). The molecule has 1 aliphatic rings. The van der Waals surface area contributed by atoms with E-state index in [1.165, 1.54) is 4.70 Å². The Balaban J connectivity index is 1.70. The first kappa shape index (κ1) is 18.5. The minimum Gasteiger partial charge on any atom is -0.444 e. The number of carbonyl (C=O) groups is 1. The average Bonchev–Trinajstić information content (AvgIpc) is 3.03. The molecular weight excluding hydrogens is 356 g/mol. The van der Waals surface area contributed by atoms with E-state index in [0.717, 1.165) is 15.6 Å². The molecule has 136 valence electrons. The molecular formula is C18H24N2O3S2. The summed E-state index contributed by atoms with van der Waals surface area (Å²) in [5.74, 6) is 0.725. The van der Waals surface area contributed by atoms with Gasteiger partial charge in [0.05, 0.1) is 22.9 Å². The second-order valence-electron chi connectivity index (χ2n) is 7.52. The Kier molecular flexibility index (Phi) is 5.01. The van der Waals surface area contributed by atoms with E-state index in [1.807, 2.05) is 52.8 Å². The summed E-state index contributed by atoms with van der Waals surface area (Å²) >= 11 is 3.34. The van der Waals surface area contributed by atoms with Crippen molar-refractivity contribution < 1.29 is 14.3 Å². The van der Waals surface area contributed by atoms with Gasteiger partial charge >= 0.3 is 6.09 Å². The van der Waals surface area contributed by atoms with Gasteiger partial charge in [0.25, 0.3) is 0 Å². The van der Waals surface area contributed by atoms with Crippen LogP contribution in [0.4, 0.5) is 4.79 Å². The lowest BCUT2D eigenvalue weighted by Crippen LogP contribution is -2.50. The van der Waals surface area contributed by atoms with Crippen LogP contribution in [-0.2, 0) is 9.47 Å². The molecule has 1 aliphatic heterocycles. The molecule has 25 heavy (non-hydrogen) atoms. The van der Waals surface area contributed by atoms with Crippen LogP contribution in [-0.4, -0.2) is 45.7 Å². The number of nitrogens with zero attached hydrogens (tertiary/aromatic N) is 2. The van der Waals surface area contributed by atoms with E-state index in [1.54, 1.807) is 28.0 Å². The van der Waals surface area contributed by atoms with E-state index in [4.69, 9.17) is 9.47 Å². The molecule has 0 spiro atoms. The van der Waals surface area contributed by atoms with Crippen LogP contribution in [0.25, 0.3) is 10.2 Å². The summed E-state index contributed by atoms with van der Waals surface area (Å²) in [6.07, 6.45) is -0.329. The van der Waals surface area contributed by atoms with Gasteiger partial charge in [0, 0.05) is 5.75 Å². The molecule has 1 fully saturated rings. The number of thiazole rings is 1. The van der Waals surface area contributed by atoms with Crippen molar-refractivity contribution in [3.8, 4) is 0 Å². The van der Waals surface area contributed by atoms with Crippen LogP contribution in [0.15, 0.2) is 28.6 Å². The standard InChI is InChI=1S/C18H24N2O3S2/c1-17(2,3)23-16(21)20-12(10-22-18(20,4)5)11-24-15-19-13-8-6-7-9-14(13)25-15/h6-9,12H,10-11H2,1-5H3/t12-/m1/s1. The van der Waals surface area contributed by atoms with Crippen molar-refractivity contribution in [1.82, 2.24) is 9.88 Å². The molecule has 1 atom stereocenters. The zero-order valence-electron chi connectivity index (χ0n) is 15.2. The van der Waals surface area contributed by atoms with Crippen molar-refractivity contribution >= 4 is 39.4 Å². The van der Waals surface area contributed by atoms with Crippen molar-refractivity contribution in [3.63, 3.8) is 0 Å². The van der Waals surface area contributed by atoms with E-state index < -0.39 is 11.3 Å². The van der Waals surface area contributed by atoms with Crippen LogP contribution in [0.2, 0.25) is 0 Å². The first-order chi connectivity index (χ1) is 11.7. The highest BCUT2D eigenvalue weighted by molar-refractivity contribution is 8.01. The average molecular weight is 381 g/mol. The van der Waals surface area contributed by atoms with E-state index in [2.05, 4.69) is 11.1 Å². The van der Waals surface area contributed by atoms with Gasteiger partial charge in [-0.1, -0.05) is 23.9 Å². The second-order valence-corrected chi connectivity index (χ2v) is 9.82. The molecule has 0 aliphatic carbocycles. The third-order valence-corrected chi connectivity index (χ3v) is 6.16. The zero-order valence-corrected chi connectivity index (χ0v) is 16.9. The van der Waals surface area contributed by atoms with Crippen molar-refractivity contribution in [2.45, 2.75) is 56.3 Å². The number of thioether (sulfide) groups is 1. The van der Waals surface area contributed by atoms with Gasteiger partial charge < -0.3 is 9.47 Å². The molecule has 1 aromatic carbocycles. The maximum Gasteiger partial charge on any atom is 0.412 e. The van der Waals surface area contributed by atoms with Crippen molar-refractivity contribution in [1.29, 1.82) is 0 Å². The van der Waals surface area contributed by atoms with Gasteiger partial charge in [0.15, 0.2) is 4.34 Å². The van der Waals surface area contributed by atoms with E-state index in [-0.39, 0.29) is 12.1 Å². The quantitative estimate of drug-likeness (QED) is 0.719. The van der Waals surface area contributed by atoms with Gasteiger partial charge in [-0.25, -0.2) is 9.78 Å². The lowest BCUT2D eigenvalue weighted by Gasteiger charge is -2.34. The fraction of sp³-hybridized carbons (Fsp3) is 0.556. The lowest BCUT2D eigenvalue weighted by molar-refractivity contribution is -0.0617. The van der Waals surface area contributed by atoms with Crippen molar-refractivity contribution in [2.75, 3.05) is 12.4 Å². The molecule has 0 saturated carbocycles. The van der Waals surface area contributed by atoms with Gasteiger partial charge in [-0.05, 0) is 46.8 Å². The molecule has 5 nitrogen and oxygen atoms in total. The number of fused-ring (bicyclic) bond motifs is 1. The van der Waals surface area contributed by atoms with Crippen LogP contribution in [0.5, 0.6) is 0 Å². The van der Waals surface area contributed by atoms with Crippen LogP contribution in [0.3, 0.4) is 0 Å². The molecule has 0 bridgehead atoms. The summed E-state index contributed by atoms with van der Waals surface area (Å²) in [5, 5.41) is 0. The summed E-state index contributed by atoms with van der Waals surface area (Å²) in [6, 6.07) is 8.07. The number of hydrogen-bond donors (Lipinski definition) is 0. The van der Waals surface area contributed by atoms with Crippen molar-refractivity contribution in [3.05, 3.63) is 24.3 Å². The SMILES string of the molecule is CC(C)(C)OC(=O)N1[C@@H](CSc2nc3ccccc3s2)COC1(C)C. The van der Waals surface area contributed by atoms with Gasteiger partial charge in [0.2, 0.25) is 0 Å². The first-order valence-corrected chi connectivity index (χ1v) is 10.1. The second kappa shape index (κ2) is 6.78. The monoisotopic (exact) mass is 380 g/mol. The smallest absolute Gasteiger partial charge is 0.412 e. The number of carbonyl (C=O) groups excluding carboxylic acids is 1. The molecule has 1 aromatic heterocycles. The fourth-order valence-electron chi connectivity index (χ4n) is 2.77. The molecule has 0 radical (unpaired) electrons. The molecule has 7 heteroatoms. The molecule has 0 N–H and O–H groups in total. The van der Waals surface area contributed by atoms with Crippen molar-refractivity contribution in [2.24, 2.45) is 0 Å². The van der Waals surface area contributed by atoms with Crippen LogP contribution < -0.4 is 0 Å². The Hall–Kier alpha value is -1.31. The predicted octanol–water partition coefficient (Wildman–Crippen LogP) is 4.76. The number of hydrogen-bond acceptors (Lipinski definition) is 6. The summed E-state index contributed by atoms with van der Waals surface area (Å²) in [6.45, 7) is 9.93. The largest absolute Gasteiger partial charge is 0.444 e. The molecule has 2 heterocycles. The Morgan fingerprint density at radius 3 is 2.84 bits per heavy atom. The highest BCUT2D eigenvalue weighted by atomic mass is 32.2. The van der Waals surface area contributed by atoms with Gasteiger partial charge in [-0.15, -0.1) is 11.3 Å². The number of para-hydroxylation sites is 1. The van der Waals surface area contributed by atoms with Crippen LogP contribution in [0.1, 0.15) is 34.6 Å². The van der Waals surface area contributed by atoms with E-state index in [9.17, 15) is 4.79 Å². The number of benzene rings is 1. The van der Waals surface area contributed by atoms with E-state index >= 15 is 0 Å². The summed E-state index contributed by atoms with van der Waals surface area (Å²) < 4.78 is 13.6. The highest BCUT2D eigenvalue weighted by Gasteiger charge is 2.45. The first-order valence-electron chi connectivity index (χ1n) is 8.30. The Bertz CT molecular complexity index is 734. The van der Waals surface area contributed by atoms with Gasteiger partial charge in [-0.2, -0.15) is 0 Å². The Morgan fingerprint density at radius 1 is 1.44 bits per heavy atom. The maximum absolute atomic E-state index is 12.6.